The minimum Gasteiger partial charge on any atom is -0.385 e. The third kappa shape index (κ3) is 0.915. The molecular weight excluding hydrogens is 98.1 g/mol. The maximum Gasteiger partial charge on any atom is 0.0330 e. The van der Waals surface area contributed by atoms with Gasteiger partial charge in [-0.15, -0.1) is 0 Å². The van der Waals surface area contributed by atoms with Crippen molar-refractivity contribution in [2.45, 2.75) is 13.8 Å². The van der Waals surface area contributed by atoms with E-state index in [1.807, 2.05) is 0 Å². The molecule has 0 radical (unpaired) electrons. The smallest absolute Gasteiger partial charge is 0.0330 e. The molecule has 8 heavy (non-hydrogen) atoms. The maximum absolute atomic E-state index is 3.22. The van der Waals surface area contributed by atoms with E-state index in [2.05, 4.69) is 31.3 Å². The van der Waals surface area contributed by atoms with Crippen molar-refractivity contribution in [1.29, 1.82) is 0 Å². The molecule has 1 heteroatoms. The van der Waals surface area contributed by atoms with E-state index in [4.69, 9.17) is 0 Å². The predicted octanol–water partition coefficient (Wildman–Crippen LogP) is 1.44. The first-order chi connectivity index (χ1) is 3.80. The van der Waals surface area contributed by atoms with Crippen molar-refractivity contribution >= 4 is 0 Å². The molecule has 0 aromatic heterocycles. The fourth-order valence-corrected chi connectivity index (χ4v) is 0.712. The van der Waals surface area contributed by atoms with Crippen LogP contribution in [0.15, 0.2) is 23.4 Å². The van der Waals surface area contributed by atoms with Gasteiger partial charge in [0.05, 0.1) is 0 Å². The van der Waals surface area contributed by atoms with Crippen molar-refractivity contribution in [3.63, 3.8) is 0 Å². The van der Waals surface area contributed by atoms with E-state index in [1.165, 1.54) is 11.3 Å². The number of rotatable bonds is 0. The number of hydrogen-bond donors (Lipinski definition) is 1. The maximum atomic E-state index is 3.22. The zero-order chi connectivity index (χ0) is 5.98. The van der Waals surface area contributed by atoms with Crippen LogP contribution in [-0.4, -0.2) is 6.54 Å². The molecule has 0 saturated heterocycles. The lowest BCUT2D eigenvalue weighted by Crippen LogP contribution is -2.14. The van der Waals surface area contributed by atoms with Crippen molar-refractivity contribution in [2.24, 2.45) is 0 Å². The number of hydrogen-bond acceptors (Lipinski definition) is 1. The topological polar surface area (TPSA) is 12.0 Å². The average molecular weight is 109 g/mol. The number of allylic oxidation sites excluding steroid dienone is 3. The zero-order valence-electron chi connectivity index (χ0n) is 5.36. The lowest BCUT2D eigenvalue weighted by Gasteiger charge is -2.09. The van der Waals surface area contributed by atoms with Crippen LogP contribution >= 0.6 is 0 Å². The van der Waals surface area contributed by atoms with E-state index >= 15 is 0 Å². The second-order valence-corrected chi connectivity index (χ2v) is 2.09. The molecule has 0 saturated carbocycles. The van der Waals surface area contributed by atoms with Gasteiger partial charge in [-0.1, -0.05) is 12.2 Å². The highest BCUT2D eigenvalue weighted by molar-refractivity contribution is 5.25. The molecule has 0 aromatic carbocycles. The van der Waals surface area contributed by atoms with Gasteiger partial charge in [-0.2, -0.15) is 0 Å². The lowest BCUT2D eigenvalue weighted by molar-refractivity contribution is 0.872. The molecule has 1 heterocycles. The van der Waals surface area contributed by atoms with Crippen LogP contribution in [0.4, 0.5) is 0 Å². The average Bonchev–Trinajstić information content (AvgIpc) is 1.77. The Labute approximate surface area is 50.1 Å². The van der Waals surface area contributed by atoms with Crippen molar-refractivity contribution in [3.05, 3.63) is 23.4 Å². The van der Waals surface area contributed by atoms with Crippen LogP contribution in [0.2, 0.25) is 0 Å². The monoisotopic (exact) mass is 109 g/mol. The standard InChI is InChI=1S/C7H11N/c1-6-4-3-5-8-7(6)2/h3-4,8H,5H2,1-2H3. The molecule has 0 unspecified atom stereocenters. The van der Waals surface area contributed by atoms with Gasteiger partial charge in [-0.05, 0) is 19.4 Å². The minimum atomic E-state index is 0.989. The van der Waals surface area contributed by atoms with Crippen molar-refractivity contribution < 1.29 is 0 Å². The molecule has 0 aromatic rings. The van der Waals surface area contributed by atoms with E-state index < -0.39 is 0 Å². The SMILES string of the molecule is CC1=C(C)NCC=C1. The Balaban J connectivity index is 2.76. The van der Waals surface area contributed by atoms with Crippen LogP contribution in [0, 0.1) is 0 Å². The van der Waals surface area contributed by atoms with Crippen LogP contribution in [-0.2, 0) is 0 Å². The summed E-state index contributed by atoms with van der Waals surface area (Å²) in [6, 6.07) is 0. The molecule has 0 bridgehead atoms. The number of dihydropyridines is 1. The molecule has 0 spiro atoms. The molecule has 0 aliphatic carbocycles. The van der Waals surface area contributed by atoms with Crippen LogP contribution in [0.5, 0.6) is 0 Å². The third-order valence-corrected chi connectivity index (χ3v) is 1.44. The Morgan fingerprint density at radius 3 is 2.62 bits per heavy atom. The molecular formula is C7H11N. The molecule has 44 valence electrons. The normalized spacial score (nSPS) is 18.8. The summed E-state index contributed by atoms with van der Waals surface area (Å²) in [5.74, 6) is 0. The van der Waals surface area contributed by atoms with Gasteiger partial charge in [0.2, 0.25) is 0 Å². The van der Waals surface area contributed by atoms with Crippen molar-refractivity contribution in [2.75, 3.05) is 6.54 Å². The Morgan fingerprint density at radius 2 is 2.25 bits per heavy atom. The quantitative estimate of drug-likeness (QED) is 0.496. The summed E-state index contributed by atoms with van der Waals surface area (Å²) in [7, 11) is 0. The fraction of sp³-hybridized carbons (Fsp3) is 0.429. The molecule has 1 aliphatic heterocycles. The van der Waals surface area contributed by atoms with Gasteiger partial charge in [0.1, 0.15) is 0 Å². The molecule has 1 rings (SSSR count). The van der Waals surface area contributed by atoms with E-state index in [0.29, 0.717) is 0 Å². The number of nitrogens with one attached hydrogen (secondary N) is 1. The van der Waals surface area contributed by atoms with Crippen LogP contribution in [0.1, 0.15) is 13.8 Å². The Bertz CT molecular complexity index is 142. The first-order valence-electron chi connectivity index (χ1n) is 2.88. The summed E-state index contributed by atoms with van der Waals surface area (Å²) in [6.07, 6.45) is 4.27. The fourth-order valence-electron chi connectivity index (χ4n) is 0.712. The van der Waals surface area contributed by atoms with E-state index in [9.17, 15) is 0 Å². The Morgan fingerprint density at radius 1 is 1.50 bits per heavy atom. The van der Waals surface area contributed by atoms with Crippen LogP contribution < -0.4 is 5.32 Å². The molecule has 1 N–H and O–H groups in total. The molecule has 0 atom stereocenters. The molecule has 0 amide bonds. The third-order valence-electron chi connectivity index (χ3n) is 1.44. The van der Waals surface area contributed by atoms with Gasteiger partial charge in [0, 0.05) is 12.2 Å². The van der Waals surface area contributed by atoms with Gasteiger partial charge in [0.15, 0.2) is 0 Å². The predicted molar refractivity (Wildman–Crippen MR) is 35.5 cm³/mol. The largest absolute Gasteiger partial charge is 0.385 e. The zero-order valence-corrected chi connectivity index (χ0v) is 5.36. The summed E-state index contributed by atoms with van der Waals surface area (Å²) in [5.41, 5.74) is 2.64. The van der Waals surface area contributed by atoms with Crippen molar-refractivity contribution in [1.82, 2.24) is 5.32 Å². The van der Waals surface area contributed by atoms with Crippen LogP contribution in [0.3, 0.4) is 0 Å². The first-order valence-corrected chi connectivity index (χ1v) is 2.88. The summed E-state index contributed by atoms with van der Waals surface area (Å²) in [5, 5.41) is 3.22. The second-order valence-electron chi connectivity index (χ2n) is 2.09. The van der Waals surface area contributed by atoms with Gasteiger partial charge in [-0.25, -0.2) is 0 Å². The van der Waals surface area contributed by atoms with E-state index in [-0.39, 0.29) is 0 Å². The molecule has 1 aliphatic rings. The summed E-state index contributed by atoms with van der Waals surface area (Å²) in [4.78, 5) is 0. The van der Waals surface area contributed by atoms with Gasteiger partial charge in [0.25, 0.3) is 0 Å². The summed E-state index contributed by atoms with van der Waals surface area (Å²) in [6.45, 7) is 5.19. The van der Waals surface area contributed by atoms with Gasteiger partial charge in [-0.3, -0.25) is 0 Å². The van der Waals surface area contributed by atoms with E-state index in [1.54, 1.807) is 0 Å². The highest BCUT2D eigenvalue weighted by atomic mass is 14.9. The highest BCUT2D eigenvalue weighted by Crippen LogP contribution is 2.04. The van der Waals surface area contributed by atoms with E-state index in [0.717, 1.165) is 6.54 Å². The summed E-state index contributed by atoms with van der Waals surface area (Å²) < 4.78 is 0. The highest BCUT2D eigenvalue weighted by Gasteiger charge is 1.94. The lowest BCUT2D eigenvalue weighted by atomic mass is 10.2. The first kappa shape index (κ1) is 5.42. The molecule has 0 fully saturated rings. The molecule has 1 nitrogen and oxygen atoms in total. The second kappa shape index (κ2) is 2.03. The summed E-state index contributed by atoms with van der Waals surface area (Å²) >= 11 is 0. The Hall–Kier alpha value is -0.720. The van der Waals surface area contributed by atoms with Crippen LogP contribution in [0.25, 0.3) is 0 Å². The minimum absolute atomic E-state index is 0.989. The van der Waals surface area contributed by atoms with Gasteiger partial charge >= 0.3 is 0 Å². The van der Waals surface area contributed by atoms with Crippen molar-refractivity contribution in [3.8, 4) is 0 Å². The van der Waals surface area contributed by atoms with Gasteiger partial charge < -0.3 is 5.32 Å². The Kier molecular flexibility index (Phi) is 1.38.